The zero-order chi connectivity index (χ0) is 23.1. The van der Waals surface area contributed by atoms with E-state index in [9.17, 15) is 9.59 Å². The van der Waals surface area contributed by atoms with Crippen molar-refractivity contribution in [3.8, 4) is 11.3 Å². The van der Waals surface area contributed by atoms with Gasteiger partial charge in [-0.2, -0.15) is 0 Å². The smallest absolute Gasteiger partial charge is 0.353 e. The van der Waals surface area contributed by atoms with Crippen molar-refractivity contribution in [2.75, 3.05) is 5.32 Å². The number of nitrogens with one attached hydrogen (secondary N) is 2. The number of carbonyl (C=O) groups is 2. The van der Waals surface area contributed by atoms with Crippen molar-refractivity contribution in [1.82, 2.24) is 4.98 Å². The molecule has 1 unspecified atom stereocenters. The standard InChI is InChI=1S/C25H27N3O3S/c1-4-20(22(26)24(30)31-14-17-8-6-5-7-9-17)23(29)28-25-27-21(15-32-25)19-12-10-18(11-13-19)16(2)3/h5-13,15-16,20,26H,4,14H2,1-3H3,(H,27,28,29). The fourth-order valence-electron chi connectivity index (χ4n) is 3.16. The van der Waals surface area contributed by atoms with Crippen molar-refractivity contribution in [3.63, 3.8) is 0 Å². The number of amides is 1. The van der Waals surface area contributed by atoms with E-state index in [-0.39, 0.29) is 12.3 Å². The minimum absolute atomic E-state index is 0.0611. The van der Waals surface area contributed by atoms with E-state index in [1.807, 2.05) is 47.8 Å². The first-order chi connectivity index (χ1) is 15.4. The summed E-state index contributed by atoms with van der Waals surface area (Å²) < 4.78 is 5.20. The first kappa shape index (κ1) is 23.3. The summed E-state index contributed by atoms with van der Waals surface area (Å²) in [4.78, 5) is 29.5. The van der Waals surface area contributed by atoms with Gasteiger partial charge in [-0.05, 0) is 23.5 Å². The Balaban J connectivity index is 1.61. The van der Waals surface area contributed by atoms with Crippen LogP contribution < -0.4 is 5.32 Å². The summed E-state index contributed by atoms with van der Waals surface area (Å²) in [6.45, 7) is 6.10. The minimum atomic E-state index is -0.907. The van der Waals surface area contributed by atoms with E-state index in [2.05, 4.69) is 36.3 Å². The minimum Gasteiger partial charge on any atom is -0.456 e. The molecular weight excluding hydrogens is 422 g/mol. The van der Waals surface area contributed by atoms with Gasteiger partial charge >= 0.3 is 5.97 Å². The van der Waals surface area contributed by atoms with Crippen LogP contribution in [0.4, 0.5) is 5.13 Å². The van der Waals surface area contributed by atoms with E-state index in [1.165, 1.54) is 16.9 Å². The molecule has 0 radical (unpaired) electrons. The van der Waals surface area contributed by atoms with Crippen LogP contribution in [0.25, 0.3) is 11.3 Å². The third-order valence-corrected chi connectivity index (χ3v) is 5.87. The van der Waals surface area contributed by atoms with Crippen molar-refractivity contribution in [3.05, 3.63) is 71.1 Å². The third kappa shape index (κ3) is 5.88. The maximum atomic E-state index is 12.7. The first-order valence-electron chi connectivity index (χ1n) is 10.5. The summed E-state index contributed by atoms with van der Waals surface area (Å²) in [6, 6.07) is 17.4. The molecule has 166 valence electrons. The van der Waals surface area contributed by atoms with E-state index >= 15 is 0 Å². The van der Waals surface area contributed by atoms with Gasteiger partial charge in [0.15, 0.2) is 5.13 Å². The Bertz CT molecular complexity index is 1080. The second-order valence-corrected chi connectivity index (χ2v) is 8.60. The molecule has 0 aliphatic carbocycles. The fourth-order valence-corrected chi connectivity index (χ4v) is 3.88. The van der Waals surface area contributed by atoms with Gasteiger partial charge in [0.2, 0.25) is 5.91 Å². The molecule has 6 nitrogen and oxygen atoms in total. The lowest BCUT2D eigenvalue weighted by Crippen LogP contribution is -2.34. The van der Waals surface area contributed by atoms with Crippen LogP contribution in [0.5, 0.6) is 0 Å². The molecule has 0 aliphatic rings. The van der Waals surface area contributed by atoms with Crippen LogP contribution in [0.3, 0.4) is 0 Å². The number of hydrogen-bond acceptors (Lipinski definition) is 6. The van der Waals surface area contributed by atoms with Crippen molar-refractivity contribution in [2.24, 2.45) is 5.92 Å². The molecule has 1 heterocycles. The van der Waals surface area contributed by atoms with Gasteiger partial charge in [0, 0.05) is 10.9 Å². The van der Waals surface area contributed by atoms with Crippen LogP contribution in [-0.4, -0.2) is 22.6 Å². The highest BCUT2D eigenvalue weighted by Crippen LogP contribution is 2.27. The largest absolute Gasteiger partial charge is 0.456 e. The van der Waals surface area contributed by atoms with E-state index < -0.39 is 17.8 Å². The van der Waals surface area contributed by atoms with Crippen LogP contribution in [-0.2, 0) is 20.9 Å². The van der Waals surface area contributed by atoms with Crippen LogP contribution in [0.1, 0.15) is 44.2 Å². The number of thiazole rings is 1. The van der Waals surface area contributed by atoms with Crippen LogP contribution in [0.15, 0.2) is 60.0 Å². The number of nitrogens with zero attached hydrogens (tertiary/aromatic N) is 1. The molecule has 32 heavy (non-hydrogen) atoms. The Labute approximate surface area is 192 Å². The van der Waals surface area contributed by atoms with Crippen molar-refractivity contribution < 1.29 is 14.3 Å². The van der Waals surface area contributed by atoms with E-state index in [0.29, 0.717) is 17.5 Å². The molecule has 1 amide bonds. The topological polar surface area (TPSA) is 92.1 Å². The monoisotopic (exact) mass is 449 g/mol. The molecule has 2 N–H and O–H groups in total. The summed E-state index contributed by atoms with van der Waals surface area (Å²) in [6.07, 6.45) is 0.306. The SMILES string of the molecule is CCC(C(=N)C(=O)OCc1ccccc1)C(=O)Nc1nc(-c2ccc(C(C)C)cc2)cs1. The lowest BCUT2D eigenvalue weighted by Gasteiger charge is -2.14. The molecule has 3 aromatic rings. The zero-order valence-corrected chi connectivity index (χ0v) is 19.2. The lowest BCUT2D eigenvalue weighted by atomic mass is 9.99. The van der Waals surface area contributed by atoms with Crippen LogP contribution in [0.2, 0.25) is 0 Å². The number of esters is 1. The maximum absolute atomic E-state index is 12.7. The normalized spacial score (nSPS) is 11.8. The van der Waals surface area contributed by atoms with Crippen molar-refractivity contribution in [2.45, 2.75) is 39.7 Å². The van der Waals surface area contributed by atoms with Crippen molar-refractivity contribution in [1.29, 1.82) is 5.41 Å². The predicted molar refractivity (Wildman–Crippen MR) is 128 cm³/mol. The van der Waals surface area contributed by atoms with Gasteiger partial charge in [-0.25, -0.2) is 9.78 Å². The molecule has 0 spiro atoms. The van der Waals surface area contributed by atoms with Gasteiger partial charge in [-0.1, -0.05) is 75.4 Å². The first-order valence-corrected chi connectivity index (χ1v) is 11.4. The van der Waals surface area contributed by atoms with Gasteiger partial charge in [0.1, 0.15) is 12.3 Å². The predicted octanol–water partition coefficient (Wildman–Crippen LogP) is 5.66. The maximum Gasteiger partial charge on any atom is 0.353 e. The molecule has 7 heteroatoms. The Morgan fingerprint density at radius 2 is 1.78 bits per heavy atom. The molecule has 0 fully saturated rings. The van der Waals surface area contributed by atoms with Gasteiger partial charge in [-0.3, -0.25) is 10.2 Å². The van der Waals surface area contributed by atoms with Crippen LogP contribution >= 0.6 is 11.3 Å². The Kier molecular flexibility index (Phi) is 7.89. The average molecular weight is 450 g/mol. The highest BCUT2D eigenvalue weighted by molar-refractivity contribution is 7.14. The third-order valence-electron chi connectivity index (χ3n) is 5.11. The molecular formula is C25H27N3O3S. The summed E-state index contributed by atoms with van der Waals surface area (Å²) in [5.41, 5.74) is 3.45. The van der Waals surface area contributed by atoms with Gasteiger partial charge in [0.05, 0.1) is 11.6 Å². The molecule has 3 rings (SSSR count). The molecule has 0 saturated heterocycles. The number of benzene rings is 2. The second-order valence-electron chi connectivity index (χ2n) is 7.74. The Morgan fingerprint density at radius 3 is 2.41 bits per heavy atom. The van der Waals surface area contributed by atoms with Crippen molar-refractivity contribution >= 4 is 34.1 Å². The summed E-state index contributed by atoms with van der Waals surface area (Å²) in [5, 5.41) is 13.2. The van der Waals surface area contributed by atoms with E-state index in [0.717, 1.165) is 16.8 Å². The van der Waals surface area contributed by atoms with Gasteiger partial charge in [0.25, 0.3) is 0 Å². The van der Waals surface area contributed by atoms with Gasteiger partial charge in [-0.15, -0.1) is 11.3 Å². The Morgan fingerprint density at radius 1 is 1.09 bits per heavy atom. The highest BCUT2D eigenvalue weighted by atomic mass is 32.1. The number of aromatic nitrogens is 1. The molecule has 2 aromatic carbocycles. The number of rotatable bonds is 9. The quantitative estimate of drug-likeness (QED) is 0.326. The second kappa shape index (κ2) is 10.8. The number of anilines is 1. The van der Waals surface area contributed by atoms with Gasteiger partial charge < -0.3 is 10.1 Å². The fraction of sp³-hybridized carbons (Fsp3) is 0.280. The van der Waals surface area contributed by atoms with E-state index in [1.54, 1.807) is 6.92 Å². The molecule has 0 aliphatic heterocycles. The van der Waals surface area contributed by atoms with Crippen LogP contribution in [0, 0.1) is 11.3 Å². The number of ether oxygens (including phenoxy) is 1. The zero-order valence-electron chi connectivity index (χ0n) is 18.4. The molecule has 0 saturated carbocycles. The summed E-state index contributed by atoms with van der Waals surface area (Å²) >= 11 is 1.31. The number of hydrogen-bond donors (Lipinski definition) is 2. The Hall–Kier alpha value is -3.32. The van der Waals surface area contributed by atoms with E-state index in [4.69, 9.17) is 10.1 Å². The molecule has 0 bridgehead atoms. The lowest BCUT2D eigenvalue weighted by molar-refractivity contribution is -0.137. The number of carbonyl (C=O) groups excluding carboxylic acids is 2. The summed E-state index contributed by atoms with van der Waals surface area (Å²) in [7, 11) is 0. The highest BCUT2D eigenvalue weighted by Gasteiger charge is 2.28. The average Bonchev–Trinajstić information content (AvgIpc) is 3.27. The summed E-state index contributed by atoms with van der Waals surface area (Å²) in [5.74, 6) is -1.68. The molecule has 1 atom stereocenters. The molecule has 1 aromatic heterocycles.